The third kappa shape index (κ3) is 2.47. The summed E-state index contributed by atoms with van der Waals surface area (Å²) < 4.78 is 0. The van der Waals surface area contributed by atoms with E-state index in [2.05, 4.69) is 22.8 Å². The Labute approximate surface area is 124 Å². The molecule has 0 aliphatic carbocycles. The van der Waals surface area contributed by atoms with Gasteiger partial charge in [0.25, 0.3) is 0 Å². The van der Waals surface area contributed by atoms with Crippen molar-refractivity contribution in [1.29, 1.82) is 5.26 Å². The highest BCUT2D eigenvalue weighted by Crippen LogP contribution is 2.31. The van der Waals surface area contributed by atoms with Gasteiger partial charge in [-0.2, -0.15) is 5.26 Å². The summed E-state index contributed by atoms with van der Waals surface area (Å²) in [4.78, 5) is 15.8. The summed E-state index contributed by atoms with van der Waals surface area (Å²) in [5.74, 6) is -0.994. The number of benzene rings is 1. The van der Waals surface area contributed by atoms with Gasteiger partial charge in [-0.15, -0.1) is 0 Å². The maximum atomic E-state index is 11.0. The molecule has 2 atom stereocenters. The van der Waals surface area contributed by atoms with Gasteiger partial charge in [-0.05, 0) is 44.5 Å². The zero-order valence-electron chi connectivity index (χ0n) is 12.1. The van der Waals surface area contributed by atoms with Crippen LogP contribution < -0.4 is 4.90 Å². The summed E-state index contributed by atoms with van der Waals surface area (Å²) in [7, 11) is 0. The number of hydrogen-bond acceptors (Lipinski definition) is 4. The number of carbonyl (C=O) groups is 1. The van der Waals surface area contributed by atoms with E-state index in [0.29, 0.717) is 17.6 Å². The Kier molecular flexibility index (Phi) is 3.56. The van der Waals surface area contributed by atoms with Crippen molar-refractivity contribution >= 4 is 11.7 Å². The normalized spacial score (nSPS) is 25.4. The Morgan fingerprint density at radius 2 is 2.24 bits per heavy atom. The highest BCUT2D eigenvalue weighted by molar-refractivity contribution is 5.89. The van der Waals surface area contributed by atoms with Crippen LogP contribution in [0.5, 0.6) is 0 Å². The number of aromatic carboxylic acids is 1. The maximum Gasteiger partial charge on any atom is 0.335 e. The number of hydrogen-bond donors (Lipinski definition) is 1. The monoisotopic (exact) mass is 285 g/mol. The summed E-state index contributed by atoms with van der Waals surface area (Å²) in [6, 6.07) is 7.90. The van der Waals surface area contributed by atoms with Gasteiger partial charge in [0.1, 0.15) is 6.07 Å². The van der Waals surface area contributed by atoms with Crippen LogP contribution in [-0.4, -0.2) is 47.7 Å². The van der Waals surface area contributed by atoms with Gasteiger partial charge in [-0.1, -0.05) is 0 Å². The first-order valence-electron chi connectivity index (χ1n) is 7.38. The minimum absolute atomic E-state index is 0.169. The Morgan fingerprint density at radius 3 is 2.95 bits per heavy atom. The van der Waals surface area contributed by atoms with Crippen LogP contribution in [0.2, 0.25) is 0 Å². The lowest BCUT2D eigenvalue weighted by atomic mass is 10.0. The standard InChI is InChI=1S/C16H19N3O2/c1-11-9-18-6-2-3-14(18)10-19(11)15-5-4-12(16(20)21)7-13(15)8-17/h4-5,7,11,14H,2-3,6,9-10H2,1H3,(H,20,21). The fraction of sp³-hybridized carbons (Fsp3) is 0.500. The fourth-order valence-electron chi connectivity index (χ4n) is 3.53. The average Bonchev–Trinajstić information content (AvgIpc) is 2.92. The molecule has 1 aromatic rings. The van der Waals surface area contributed by atoms with Gasteiger partial charge in [-0.3, -0.25) is 4.90 Å². The van der Waals surface area contributed by atoms with Crippen molar-refractivity contribution in [3.8, 4) is 6.07 Å². The smallest absolute Gasteiger partial charge is 0.335 e. The van der Waals surface area contributed by atoms with Gasteiger partial charge in [-0.25, -0.2) is 4.79 Å². The van der Waals surface area contributed by atoms with Crippen molar-refractivity contribution in [2.45, 2.75) is 31.8 Å². The molecule has 2 aliphatic rings. The fourth-order valence-corrected chi connectivity index (χ4v) is 3.53. The number of anilines is 1. The number of nitriles is 1. The first-order valence-corrected chi connectivity index (χ1v) is 7.38. The molecule has 5 heteroatoms. The van der Waals surface area contributed by atoms with Gasteiger partial charge in [0.2, 0.25) is 0 Å². The van der Waals surface area contributed by atoms with E-state index in [0.717, 1.165) is 18.8 Å². The summed E-state index contributed by atoms with van der Waals surface area (Å²) in [6.45, 7) is 5.27. The second-order valence-electron chi connectivity index (χ2n) is 5.94. The SMILES string of the molecule is CC1CN2CCCC2CN1c1ccc(C(=O)O)cc1C#N. The zero-order chi connectivity index (χ0) is 15.0. The van der Waals surface area contributed by atoms with Gasteiger partial charge in [0.15, 0.2) is 0 Å². The molecule has 2 aliphatic heterocycles. The minimum Gasteiger partial charge on any atom is -0.478 e. The van der Waals surface area contributed by atoms with E-state index in [9.17, 15) is 10.1 Å². The second-order valence-corrected chi connectivity index (χ2v) is 5.94. The average molecular weight is 285 g/mol. The highest BCUT2D eigenvalue weighted by atomic mass is 16.4. The molecule has 2 fully saturated rings. The molecule has 0 aromatic heterocycles. The lowest BCUT2D eigenvalue weighted by Crippen LogP contribution is -2.55. The van der Waals surface area contributed by atoms with Gasteiger partial charge >= 0.3 is 5.97 Å². The molecule has 21 heavy (non-hydrogen) atoms. The lowest BCUT2D eigenvalue weighted by molar-refractivity contribution is 0.0697. The molecule has 0 radical (unpaired) electrons. The van der Waals surface area contributed by atoms with Crippen LogP contribution in [0.25, 0.3) is 0 Å². The van der Waals surface area contributed by atoms with E-state index < -0.39 is 5.97 Å². The molecule has 1 aromatic carbocycles. The van der Waals surface area contributed by atoms with Gasteiger partial charge < -0.3 is 10.0 Å². The quantitative estimate of drug-likeness (QED) is 0.899. The van der Waals surface area contributed by atoms with Crippen molar-refractivity contribution in [3.63, 3.8) is 0 Å². The highest BCUT2D eigenvalue weighted by Gasteiger charge is 2.35. The van der Waals surface area contributed by atoms with E-state index in [1.54, 1.807) is 12.1 Å². The van der Waals surface area contributed by atoms with E-state index in [1.165, 1.54) is 25.5 Å². The molecule has 3 rings (SSSR count). The van der Waals surface area contributed by atoms with Crippen LogP contribution in [0.4, 0.5) is 5.69 Å². The van der Waals surface area contributed by atoms with Crippen molar-refractivity contribution in [3.05, 3.63) is 29.3 Å². The first kappa shape index (κ1) is 13.9. The first-order chi connectivity index (χ1) is 10.1. The van der Waals surface area contributed by atoms with Crippen LogP contribution in [0.15, 0.2) is 18.2 Å². The van der Waals surface area contributed by atoms with Crippen molar-refractivity contribution in [1.82, 2.24) is 4.90 Å². The topological polar surface area (TPSA) is 67.6 Å². The molecule has 0 bridgehead atoms. The van der Waals surface area contributed by atoms with Crippen molar-refractivity contribution < 1.29 is 9.90 Å². The zero-order valence-corrected chi connectivity index (χ0v) is 12.1. The molecule has 0 saturated carbocycles. The van der Waals surface area contributed by atoms with E-state index in [-0.39, 0.29) is 5.56 Å². The number of carboxylic acid groups (broad SMARTS) is 1. The predicted molar refractivity (Wildman–Crippen MR) is 79.5 cm³/mol. The summed E-state index contributed by atoms with van der Waals surface area (Å²) in [6.07, 6.45) is 2.45. The van der Waals surface area contributed by atoms with Crippen LogP contribution in [0.3, 0.4) is 0 Å². The Morgan fingerprint density at radius 1 is 1.43 bits per heavy atom. The Hall–Kier alpha value is -2.06. The molecular weight excluding hydrogens is 266 g/mol. The van der Waals surface area contributed by atoms with Crippen molar-refractivity contribution in [2.24, 2.45) is 0 Å². The summed E-state index contributed by atoms with van der Waals surface area (Å²) in [5, 5.41) is 18.4. The molecule has 2 unspecified atom stereocenters. The molecule has 2 saturated heterocycles. The van der Waals surface area contributed by atoms with E-state index >= 15 is 0 Å². The predicted octanol–water partition coefficient (Wildman–Crippen LogP) is 1.93. The second kappa shape index (κ2) is 5.38. The largest absolute Gasteiger partial charge is 0.478 e. The number of piperazine rings is 1. The van der Waals surface area contributed by atoms with Crippen LogP contribution in [0, 0.1) is 11.3 Å². The summed E-state index contributed by atoms with van der Waals surface area (Å²) >= 11 is 0. The van der Waals surface area contributed by atoms with Crippen molar-refractivity contribution in [2.75, 3.05) is 24.5 Å². The molecule has 0 amide bonds. The van der Waals surface area contributed by atoms with Crippen LogP contribution >= 0.6 is 0 Å². The number of rotatable bonds is 2. The minimum atomic E-state index is -0.994. The van der Waals surface area contributed by atoms with Crippen LogP contribution in [0.1, 0.15) is 35.7 Å². The van der Waals surface area contributed by atoms with Gasteiger partial charge in [0, 0.05) is 25.2 Å². The number of nitrogens with zero attached hydrogens (tertiary/aromatic N) is 3. The third-order valence-electron chi connectivity index (χ3n) is 4.61. The maximum absolute atomic E-state index is 11.0. The van der Waals surface area contributed by atoms with Gasteiger partial charge in [0.05, 0.1) is 16.8 Å². The Balaban J connectivity index is 1.92. The van der Waals surface area contributed by atoms with E-state index in [4.69, 9.17) is 5.11 Å². The molecule has 0 spiro atoms. The number of fused-ring (bicyclic) bond motifs is 1. The Bertz CT molecular complexity index is 608. The lowest BCUT2D eigenvalue weighted by Gasteiger charge is -2.44. The molecule has 5 nitrogen and oxygen atoms in total. The molecule has 2 heterocycles. The number of carboxylic acids is 1. The summed E-state index contributed by atoms with van der Waals surface area (Å²) in [5.41, 5.74) is 1.48. The molecule has 1 N–H and O–H groups in total. The molecular formula is C16H19N3O2. The molecule has 110 valence electrons. The van der Waals surface area contributed by atoms with E-state index in [1.807, 2.05) is 0 Å². The third-order valence-corrected chi connectivity index (χ3v) is 4.61. The van der Waals surface area contributed by atoms with Crippen LogP contribution in [-0.2, 0) is 0 Å².